The van der Waals surface area contributed by atoms with E-state index < -0.39 is 23.8 Å². The number of thiazole rings is 1. The molecule has 6 nitrogen and oxygen atoms in total. The minimum absolute atomic E-state index is 0.103. The van der Waals surface area contributed by atoms with Gasteiger partial charge in [-0.3, -0.25) is 0 Å². The third-order valence-electron chi connectivity index (χ3n) is 2.19. The third kappa shape index (κ3) is 3.88. The Bertz CT molecular complexity index is 645. The highest BCUT2D eigenvalue weighted by Gasteiger charge is 2.33. The van der Waals surface area contributed by atoms with E-state index in [1.54, 1.807) is 0 Å². The van der Waals surface area contributed by atoms with E-state index in [9.17, 15) is 18.0 Å². The standard InChI is InChI=1S/C11H8F3N3O3S/c1-19-9(18)6-5-21-8(16-6)4-20-10-15-3-2-7(17-10)11(12,13)14/h2-3,5H,4H2,1H3. The van der Waals surface area contributed by atoms with Crippen LogP contribution in [0.4, 0.5) is 13.2 Å². The van der Waals surface area contributed by atoms with Crippen molar-refractivity contribution in [2.45, 2.75) is 12.8 Å². The molecule has 2 rings (SSSR count). The minimum Gasteiger partial charge on any atom is -0.464 e. The van der Waals surface area contributed by atoms with Crippen molar-refractivity contribution in [1.82, 2.24) is 15.0 Å². The molecule has 0 amide bonds. The van der Waals surface area contributed by atoms with E-state index >= 15 is 0 Å². The Kier molecular flexibility index (Phi) is 4.36. The molecule has 10 heteroatoms. The van der Waals surface area contributed by atoms with Crippen molar-refractivity contribution in [3.63, 3.8) is 0 Å². The molecule has 2 aromatic heterocycles. The van der Waals surface area contributed by atoms with E-state index in [4.69, 9.17) is 4.74 Å². The molecule has 21 heavy (non-hydrogen) atoms. The highest BCUT2D eigenvalue weighted by atomic mass is 32.1. The van der Waals surface area contributed by atoms with Crippen LogP contribution in [0.25, 0.3) is 0 Å². The fraction of sp³-hybridized carbons (Fsp3) is 0.273. The molecule has 112 valence electrons. The SMILES string of the molecule is COC(=O)c1csc(COc2nccc(C(F)(F)F)n2)n1. The summed E-state index contributed by atoms with van der Waals surface area (Å²) in [5.41, 5.74) is -0.993. The Hall–Kier alpha value is -2.23. The molecule has 0 radical (unpaired) electrons. The van der Waals surface area contributed by atoms with Gasteiger partial charge in [0, 0.05) is 11.6 Å². The molecule has 0 atom stereocenters. The summed E-state index contributed by atoms with van der Waals surface area (Å²) >= 11 is 1.11. The number of hydrogen-bond donors (Lipinski definition) is 0. The lowest BCUT2D eigenvalue weighted by atomic mass is 10.4. The van der Waals surface area contributed by atoms with E-state index in [-0.39, 0.29) is 12.3 Å². The second-order valence-electron chi connectivity index (χ2n) is 3.63. The normalized spacial score (nSPS) is 11.2. The average molecular weight is 319 g/mol. The molecular weight excluding hydrogens is 311 g/mol. The molecular formula is C11H8F3N3O3S. The van der Waals surface area contributed by atoms with Crippen molar-refractivity contribution in [2.24, 2.45) is 0 Å². The number of esters is 1. The Balaban J connectivity index is 2.03. The molecule has 0 spiro atoms. The van der Waals surface area contributed by atoms with Crippen LogP contribution in [-0.2, 0) is 17.5 Å². The Labute approximate surface area is 120 Å². The first-order valence-corrected chi connectivity index (χ1v) is 6.34. The van der Waals surface area contributed by atoms with Gasteiger partial charge in [0.05, 0.1) is 7.11 Å². The maximum absolute atomic E-state index is 12.5. The summed E-state index contributed by atoms with van der Waals surface area (Å²) in [7, 11) is 1.22. The first-order valence-electron chi connectivity index (χ1n) is 5.46. The molecule has 0 saturated heterocycles. The number of hydrogen-bond acceptors (Lipinski definition) is 7. The number of aromatic nitrogens is 3. The van der Waals surface area contributed by atoms with Gasteiger partial charge in [0.2, 0.25) is 0 Å². The summed E-state index contributed by atoms with van der Waals surface area (Å²) in [4.78, 5) is 21.9. The molecule has 0 aliphatic rings. The van der Waals surface area contributed by atoms with Gasteiger partial charge in [-0.1, -0.05) is 0 Å². The van der Waals surface area contributed by atoms with Crippen LogP contribution in [0.2, 0.25) is 0 Å². The van der Waals surface area contributed by atoms with Gasteiger partial charge in [-0.15, -0.1) is 11.3 Å². The van der Waals surface area contributed by atoms with Crippen LogP contribution in [-0.4, -0.2) is 28.0 Å². The van der Waals surface area contributed by atoms with E-state index in [0.29, 0.717) is 5.01 Å². The van der Waals surface area contributed by atoms with Crippen molar-refractivity contribution in [2.75, 3.05) is 7.11 Å². The summed E-state index contributed by atoms with van der Waals surface area (Å²) in [5.74, 6) is -0.604. The lowest BCUT2D eigenvalue weighted by Crippen LogP contribution is -2.10. The Morgan fingerprint density at radius 2 is 2.14 bits per heavy atom. The van der Waals surface area contributed by atoms with Gasteiger partial charge in [-0.05, 0) is 6.07 Å². The topological polar surface area (TPSA) is 74.2 Å². The number of alkyl halides is 3. The number of rotatable bonds is 4. The highest BCUT2D eigenvalue weighted by Crippen LogP contribution is 2.28. The zero-order chi connectivity index (χ0) is 15.5. The van der Waals surface area contributed by atoms with Crippen molar-refractivity contribution < 1.29 is 27.4 Å². The van der Waals surface area contributed by atoms with Crippen molar-refractivity contribution in [3.05, 3.63) is 34.0 Å². The van der Waals surface area contributed by atoms with Gasteiger partial charge in [0.25, 0.3) is 0 Å². The first kappa shape index (κ1) is 15.2. The summed E-state index contributed by atoms with van der Waals surface area (Å²) in [5, 5.41) is 1.84. The molecule has 2 aromatic rings. The molecule has 0 aliphatic heterocycles. The number of carbonyl (C=O) groups excluding carboxylic acids is 1. The van der Waals surface area contributed by atoms with Crippen LogP contribution in [0.15, 0.2) is 17.6 Å². The molecule has 0 aliphatic carbocycles. The molecule has 0 N–H and O–H groups in total. The van der Waals surface area contributed by atoms with Gasteiger partial charge in [-0.2, -0.15) is 18.2 Å². The van der Waals surface area contributed by atoms with Crippen LogP contribution in [0.3, 0.4) is 0 Å². The number of methoxy groups -OCH3 is 1. The minimum atomic E-state index is -4.57. The largest absolute Gasteiger partial charge is 0.464 e. The zero-order valence-corrected chi connectivity index (χ0v) is 11.4. The predicted molar refractivity (Wildman–Crippen MR) is 64.8 cm³/mol. The van der Waals surface area contributed by atoms with Gasteiger partial charge >= 0.3 is 18.2 Å². The Morgan fingerprint density at radius 3 is 2.81 bits per heavy atom. The predicted octanol–water partition coefficient (Wildman–Crippen LogP) is 2.32. The third-order valence-corrected chi connectivity index (χ3v) is 3.02. The van der Waals surface area contributed by atoms with Crippen molar-refractivity contribution in [3.8, 4) is 6.01 Å². The van der Waals surface area contributed by atoms with Crippen LogP contribution < -0.4 is 4.74 Å². The molecule has 0 saturated carbocycles. The van der Waals surface area contributed by atoms with E-state index in [1.807, 2.05) is 0 Å². The molecule has 0 aromatic carbocycles. The molecule has 2 heterocycles. The maximum Gasteiger partial charge on any atom is 0.433 e. The van der Waals surface area contributed by atoms with Gasteiger partial charge in [0.15, 0.2) is 11.4 Å². The van der Waals surface area contributed by atoms with Gasteiger partial charge < -0.3 is 9.47 Å². The van der Waals surface area contributed by atoms with Crippen LogP contribution >= 0.6 is 11.3 Å². The zero-order valence-electron chi connectivity index (χ0n) is 10.5. The number of halogens is 3. The van der Waals surface area contributed by atoms with Crippen molar-refractivity contribution in [1.29, 1.82) is 0 Å². The smallest absolute Gasteiger partial charge is 0.433 e. The lowest BCUT2D eigenvalue weighted by Gasteiger charge is -2.06. The van der Waals surface area contributed by atoms with Crippen LogP contribution in [0.1, 0.15) is 21.2 Å². The quantitative estimate of drug-likeness (QED) is 0.805. The average Bonchev–Trinajstić information content (AvgIpc) is 2.92. The van der Waals surface area contributed by atoms with Gasteiger partial charge in [-0.25, -0.2) is 14.8 Å². The van der Waals surface area contributed by atoms with E-state index in [0.717, 1.165) is 23.6 Å². The highest BCUT2D eigenvalue weighted by molar-refractivity contribution is 7.09. The number of nitrogens with zero attached hydrogens (tertiary/aromatic N) is 3. The fourth-order valence-corrected chi connectivity index (χ4v) is 1.94. The second-order valence-corrected chi connectivity index (χ2v) is 4.57. The van der Waals surface area contributed by atoms with Crippen LogP contribution in [0, 0.1) is 0 Å². The fourth-order valence-electron chi connectivity index (χ4n) is 1.27. The molecule has 0 unspecified atom stereocenters. The first-order chi connectivity index (χ1) is 9.90. The summed E-state index contributed by atoms with van der Waals surface area (Å²) in [6.07, 6.45) is -3.62. The van der Waals surface area contributed by atoms with E-state index in [2.05, 4.69) is 19.7 Å². The van der Waals surface area contributed by atoms with Crippen molar-refractivity contribution >= 4 is 17.3 Å². The Morgan fingerprint density at radius 1 is 1.38 bits per heavy atom. The lowest BCUT2D eigenvalue weighted by molar-refractivity contribution is -0.141. The number of carbonyl (C=O) groups is 1. The molecule has 0 bridgehead atoms. The maximum atomic E-state index is 12.5. The van der Waals surface area contributed by atoms with Gasteiger partial charge in [0.1, 0.15) is 11.6 Å². The van der Waals surface area contributed by atoms with E-state index in [1.165, 1.54) is 12.5 Å². The monoisotopic (exact) mass is 319 g/mol. The number of ether oxygens (including phenoxy) is 2. The summed E-state index contributed by atoms with van der Waals surface area (Å²) in [6.45, 7) is -0.150. The second kappa shape index (κ2) is 6.04. The summed E-state index contributed by atoms with van der Waals surface area (Å²) in [6, 6.07) is 0.325. The molecule has 0 fully saturated rings. The summed E-state index contributed by atoms with van der Waals surface area (Å²) < 4.78 is 46.9. The van der Waals surface area contributed by atoms with Crippen LogP contribution in [0.5, 0.6) is 6.01 Å².